The number of hydrogen-bond acceptors (Lipinski definition) is 18. The molecular weight excluding hydrogens is 1290 g/mol. The third kappa shape index (κ3) is 33.1. The minimum Gasteiger partial charge on any atom is -0.481 e. The lowest BCUT2D eigenvalue weighted by Gasteiger charge is -2.30. The summed E-state index contributed by atoms with van der Waals surface area (Å²) < 4.78 is 0. The average Bonchev–Trinajstić information content (AvgIpc) is 0.949. The highest BCUT2D eigenvalue weighted by Crippen LogP contribution is 2.24. The molecule has 12 atom stereocenters. The molecule has 538 valence electrons. The van der Waals surface area contributed by atoms with Gasteiger partial charge in [-0.3, -0.25) is 67.7 Å². The Kier molecular flexibility index (Phi) is 39.7. The van der Waals surface area contributed by atoms with Crippen molar-refractivity contribution in [1.82, 2.24) is 53.2 Å². The largest absolute Gasteiger partial charge is 0.481 e. The standard InChI is InChI=1S/C60H102N20O14S2/c1-6-33(3)46-55(91)77-41(30-45(82)83)52(88)74-38(22-17-27-69-59(64)65)50(86)80-47(34(4)7-2)56(92)78-43(54(90)76-40(29-36-19-12-11-13-20-36)51(87)75-39(57(93)94)23-18-28-70-60(66)67)32-96-95-31-42(72-44(81)24-14-9-8-10-15-25-61)53(89)71-35(5)48(84)73-37(49(85)79-46)21-16-26-68-58(62)63/h11-13,19-20,33-35,37-43,46-47H,6-10,14-18,21-32,61H2,1-5H3,(H,71,89)(H,72,81)(H,73,84)(H,74,88)(H,75,87)(H,76,90)(H,77,91)(H,78,92)(H,79,85)(H,80,86)(H,82,83)(H,93,94)(H4,62,63,68)(H4,64,65,69)(H4,66,67,70)/t33-,34-,35+,37-,38-,39-,40-,41?,42-,43?,46-,47-/m0/s1. The van der Waals surface area contributed by atoms with Gasteiger partial charge in [-0.05, 0) is 82.2 Å². The van der Waals surface area contributed by atoms with Gasteiger partial charge in [0.05, 0.1) is 6.42 Å². The van der Waals surface area contributed by atoms with Gasteiger partial charge in [-0.15, -0.1) is 0 Å². The molecule has 1 fully saturated rings. The molecule has 34 nitrogen and oxygen atoms in total. The van der Waals surface area contributed by atoms with Gasteiger partial charge in [0.25, 0.3) is 0 Å². The number of nitrogens with zero attached hydrogens (tertiary/aromatic N) is 3. The molecule has 2 rings (SSSR count). The Morgan fingerprint density at radius 1 is 0.573 bits per heavy atom. The molecule has 0 saturated carbocycles. The summed E-state index contributed by atoms with van der Waals surface area (Å²) in [6, 6.07) is -6.87. The van der Waals surface area contributed by atoms with E-state index in [1.165, 1.54) is 6.92 Å². The highest BCUT2D eigenvalue weighted by atomic mass is 33.1. The third-order valence-corrected chi connectivity index (χ3v) is 17.8. The lowest BCUT2D eigenvalue weighted by Crippen LogP contribution is -2.62. The van der Waals surface area contributed by atoms with Crippen LogP contribution in [0, 0.1) is 11.8 Å². The van der Waals surface area contributed by atoms with E-state index in [9.17, 15) is 67.7 Å². The molecule has 26 N–H and O–H groups in total. The summed E-state index contributed by atoms with van der Waals surface area (Å²) in [5.74, 6) is -15.0. The lowest BCUT2D eigenvalue weighted by atomic mass is 9.96. The number of aliphatic imine (C=N–C) groups is 3. The van der Waals surface area contributed by atoms with E-state index in [1.54, 1.807) is 58.0 Å². The highest BCUT2D eigenvalue weighted by molar-refractivity contribution is 8.76. The van der Waals surface area contributed by atoms with Crippen molar-refractivity contribution in [3.8, 4) is 0 Å². The first kappa shape index (κ1) is 83.4. The van der Waals surface area contributed by atoms with Crippen LogP contribution in [0.4, 0.5) is 0 Å². The third-order valence-electron chi connectivity index (χ3n) is 15.4. The normalized spacial score (nSPS) is 21.8. The van der Waals surface area contributed by atoms with Gasteiger partial charge >= 0.3 is 11.9 Å². The number of carbonyl (C=O) groups is 12. The molecule has 0 radical (unpaired) electrons. The molecule has 96 heavy (non-hydrogen) atoms. The molecule has 1 aliphatic rings. The maximum atomic E-state index is 14.9. The van der Waals surface area contributed by atoms with Crippen molar-refractivity contribution < 1.29 is 67.7 Å². The van der Waals surface area contributed by atoms with Gasteiger partial charge in [-0.25, -0.2) is 4.79 Å². The second kappa shape index (κ2) is 45.7. The van der Waals surface area contributed by atoms with Crippen LogP contribution in [0.5, 0.6) is 0 Å². The molecule has 10 amide bonds. The van der Waals surface area contributed by atoms with Crippen LogP contribution in [0.1, 0.15) is 136 Å². The quantitative estimate of drug-likeness (QED) is 0.0141. The maximum absolute atomic E-state index is 14.9. The van der Waals surface area contributed by atoms with Crippen molar-refractivity contribution in [1.29, 1.82) is 0 Å². The van der Waals surface area contributed by atoms with E-state index in [0.29, 0.717) is 24.9 Å². The Labute approximate surface area is 567 Å². The number of aliphatic carboxylic acids is 2. The van der Waals surface area contributed by atoms with Crippen LogP contribution in [0.25, 0.3) is 0 Å². The van der Waals surface area contributed by atoms with Gasteiger partial charge in [0, 0.05) is 44.0 Å². The molecule has 0 aliphatic carbocycles. The van der Waals surface area contributed by atoms with Crippen molar-refractivity contribution in [2.75, 3.05) is 37.7 Å². The zero-order valence-corrected chi connectivity index (χ0v) is 57.0. The zero-order valence-electron chi connectivity index (χ0n) is 55.4. The van der Waals surface area contributed by atoms with E-state index < -0.39 is 150 Å². The zero-order chi connectivity index (χ0) is 71.9. The van der Waals surface area contributed by atoms with Crippen molar-refractivity contribution in [3.05, 3.63) is 35.9 Å². The van der Waals surface area contributed by atoms with Crippen LogP contribution in [-0.4, -0.2) is 197 Å². The Morgan fingerprint density at radius 2 is 1.06 bits per heavy atom. The molecule has 1 heterocycles. The molecule has 0 spiro atoms. The van der Waals surface area contributed by atoms with Gasteiger partial charge in [0.2, 0.25) is 59.1 Å². The summed E-state index contributed by atoms with van der Waals surface area (Å²) >= 11 is 0. The summed E-state index contributed by atoms with van der Waals surface area (Å²) in [6.07, 6.45) is 2.60. The van der Waals surface area contributed by atoms with Crippen LogP contribution in [-0.2, 0) is 64.0 Å². The number of carboxylic acid groups (broad SMARTS) is 2. The number of carboxylic acids is 2. The Bertz CT molecular complexity index is 2810. The fourth-order valence-corrected chi connectivity index (χ4v) is 11.8. The number of nitrogens with two attached hydrogens (primary N) is 7. The van der Waals surface area contributed by atoms with Crippen molar-refractivity contribution >= 4 is 110 Å². The van der Waals surface area contributed by atoms with Gasteiger partial charge < -0.3 is 104 Å². The molecule has 0 bridgehead atoms. The number of nitrogens with one attached hydrogen (secondary N) is 10. The smallest absolute Gasteiger partial charge is 0.326 e. The fraction of sp³-hybridized carbons (Fsp3) is 0.650. The van der Waals surface area contributed by atoms with Crippen LogP contribution >= 0.6 is 21.6 Å². The van der Waals surface area contributed by atoms with Gasteiger partial charge in [-0.2, -0.15) is 0 Å². The van der Waals surface area contributed by atoms with E-state index in [-0.39, 0.29) is 113 Å². The molecule has 1 aromatic rings. The number of rotatable bonds is 33. The first-order valence-corrected chi connectivity index (χ1v) is 34.6. The topological polar surface area (TPSA) is 585 Å². The number of amides is 10. The van der Waals surface area contributed by atoms with E-state index in [0.717, 1.165) is 40.9 Å². The van der Waals surface area contributed by atoms with E-state index >= 15 is 0 Å². The van der Waals surface area contributed by atoms with Gasteiger partial charge in [-0.1, -0.05) is 112 Å². The molecule has 1 aliphatic heterocycles. The van der Waals surface area contributed by atoms with Crippen LogP contribution in [0.2, 0.25) is 0 Å². The van der Waals surface area contributed by atoms with Gasteiger partial charge in [0.15, 0.2) is 17.9 Å². The summed E-state index contributed by atoms with van der Waals surface area (Å²) in [5, 5.41) is 46.3. The summed E-state index contributed by atoms with van der Waals surface area (Å²) in [7, 11) is 1.91. The van der Waals surface area contributed by atoms with E-state index in [2.05, 4.69) is 68.1 Å². The fourth-order valence-electron chi connectivity index (χ4n) is 9.50. The number of benzene rings is 1. The monoisotopic (exact) mass is 1390 g/mol. The first-order valence-electron chi connectivity index (χ1n) is 32.1. The predicted octanol–water partition coefficient (Wildman–Crippen LogP) is -3.40. The lowest BCUT2D eigenvalue weighted by molar-refractivity contribution is -0.142. The summed E-state index contributed by atoms with van der Waals surface area (Å²) in [4.78, 5) is 181. The van der Waals surface area contributed by atoms with Crippen LogP contribution in [0.3, 0.4) is 0 Å². The number of guanidine groups is 3. The van der Waals surface area contributed by atoms with E-state index in [1.807, 2.05) is 0 Å². The number of unbranched alkanes of at least 4 members (excludes halogenated alkanes) is 4. The molecule has 36 heteroatoms. The van der Waals surface area contributed by atoms with Crippen molar-refractivity contribution in [2.24, 2.45) is 66.9 Å². The molecular formula is C60H102N20O14S2. The highest BCUT2D eigenvalue weighted by Gasteiger charge is 2.38. The van der Waals surface area contributed by atoms with Crippen molar-refractivity contribution in [2.45, 2.75) is 198 Å². The summed E-state index contributed by atoms with van der Waals surface area (Å²) in [6.45, 7) is 8.39. The van der Waals surface area contributed by atoms with E-state index in [4.69, 9.17) is 40.1 Å². The minimum absolute atomic E-state index is 0.00496. The van der Waals surface area contributed by atoms with Gasteiger partial charge in [0.1, 0.15) is 60.4 Å². The average molecular weight is 1390 g/mol. The Balaban J connectivity index is 2.96. The second-order valence-electron chi connectivity index (χ2n) is 23.3. The SMILES string of the molecule is CC[C@H](C)[C@@H]1NC(=O)[C@H](CCCN=C(N)N)NC(=O)C(CC(=O)O)NC(=O)[C@H]([C@@H](C)CC)NC(=O)[C@H](CCCN=C(N)N)NC(=O)[C@@H](C)NC(=O)[C@@H](NC(=O)CCCCCCCN)CSSCC(C(=O)N[C@@H](Cc2ccccc2)C(=O)N[C@@H](CCCN=C(N)N)C(=O)O)NC1=O. The molecule has 2 unspecified atom stereocenters. The van der Waals surface area contributed by atoms with Crippen LogP contribution in [0.15, 0.2) is 45.3 Å². The predicted molar refractivity (Wildman–Crippen MR) is 365 cm³/mol. The maximum Gasteiger partial charge on any atom is 0.326 e. The first-order chi connectivity index (χ1) is 45.5. The van der Waals surface area contributed by atoms with Crippen molar-refractivity contribution in [3.63, 3.8) is 0 Å². The summed E-state index contributed by atoms with van der Waals surface area (Å²) in [5.41, 5.74) is 39.3. The second-order valence-corrected chi connectivity index (χ2v) is 25.9. The number of hydrogen-bond donors (Lipinski definition) is 19. The molecule has 0 aromatic heterocycles. The minimum atomic E-state index is -1.91. The Morgan fingerprint density at radius 3 is 1.58 bits per heavy atom. The molecule has 1 aromatic carbocycles. The van der Waals surface area contributed by atoms with Crippen LogP contribution < -0.4 is 93.3 Å². The Hall–Kier alpha value is -8.67. The molecule has 1 saturated heterocycles. The number of carbonyl (C=O) groups excluding carboxylic acids is 10.